The van der Waals surface area contributed by atoms with E-state index in [-0.39, 0.29) is 0 Å². The van der Waals surface area contributed by atoms with Gasteiger partial charge >= 0.3 is 0 Å². The van der Waals surface area contributed by atoms with E-state index in [9.17, 15) is 0 Å². The average Bonchev–Trinajstić information content (AvgIpc) is 2.93. The quantitative estimate of drug-likeness (QED) is 0.860. The third kappa shape index (κ3) is 2.45. The minimum Gasteiger partial charge on any atom is -0.319 e. The second kappa shape index (κ2) is 5.45. The fourth-order valence-electron chi connectivity index (χ4n) is 4.27. The Kier molecular flexibility index (Phi) is 3.97. The molecule has 2 aliphatic carbocycles. The average molecular weight is 340 g/mol. The van der Waals surface area contributed by atoms with Crippen molar-refractivity contribution in [3.8, 4) is 0 Å². The molecular formula is C16H26BrN3. The van der Waals surface area contributed by atoms with Crippen molar-refractivity contribution in [2.24, 2.45) is 17.3 Å². The molecule has 1 aromatic rings. The van der Waals surface area contributed by atoms with Crippen LogP contribution in [-0.4, -0.2) is 23.4 Å². The number of nitrogens with zero attached hydrogens (tertiary/aromatic N) is 2. The predicted molar refractivity (Wildman–Crippen MR) is 85.9 cm³/mol. The highest BCUT2D eigenvalue weighted by molar-refractivity contribution is 9.10. The highest BCUT2D eigenvalue weighted by Gasteiger charge is 2.53. The predicted octanol–water partition coefficient (Wildman–Crippen LogP) is 3.41. The van der Waals surface area contributed by atoms with Crippen LogP contribution in [0.1, 0.15) is 44.5 Å². The minimum absolute atomic E-state index is 0.461. The summed E-state index contributed by atoms with van der Waals surface area (Å²) in [6.45, 7) is 6.49. The van der Waals surface area contributed by atoms with E-state index in [4.69, 9.17) is 5.10 Å². The molecule has 0 aliphatic heterocycles. The Morgan fingerprint density at radius 1 is 1.35 bits per heavy atom. The van der Waals surface area contributed by atoms with E-state index in [0.717, 1.165) is 31.3 Å². The van der Waals surface area contributed by atoms with Gasteiger partial charge in [-0.1, -0.05) is 6.92 Å². The molecule has 2 unspecified atom stereocenters. The van der Waals surface area contributed by atoms with E-state index < -0.39 is 0 Å². The van der Waals surface area contributed by atoms with Gasteiger partial charge in [0, 0.05) is 13.1 Å². The maximum atomic E-state index is 4.76. The largest absolute Gasteiger partial charge is 0.319 e. The number of aromatic nitrogens is 2. The molecule has 20 heavy (non-hydrogen) atoms. The molecule has 0 amide bonds. The monoisotopic (exact) mass is 339 g/mol. The first-order valence-corrected chi connectivity index (χ1v) is 8.80. The third-order valence-electron chi connectivity index (χ3n) is 5.25. The number of aryl methyl sites for hydroxylation is 2. The van der Waals surface area contributed by atoms with Crippen LogP contribution < -0.4 is 5.32 Å². The fourth-order valence-corrected chi connectivity index (χ4v) is 4.98. The van der Waals surface area contributed by atoms with Gasteiger partial charge in [0.2, 0.25) is 0 Å². The van der Waals surface area contributed by atoms with E-state index in [1.54, 1.807) is 0 Å². The van der Waals surface area contributed by atoms with Gasteiger partial charge in [0.05, 0.1) is 15.9 Å². The lowest BCUT2D eigenvalue weighted by atomic mass is 9.78. The molecule has 0 aromatic carbocycles. The van der Waals surface area contributed by atoms with Crippen molar-refractivity contribution < 1.29 is 0 Å². The van der Waals surface area contributed by atoms with Gasteiger partial charge in [-0.15, -0.1) is 0 Å². The topological polar surface area (TPSA) is 29.9 Å². The molecule has 0 bridgehead atoms. The van der Waals surface area contributed by atoms with E-state index in [1.807, 2.05) is 0 Å². The molecule has 1 heterocycles. The Hall–Kier alpha value is -0.350. The van der Waals surface area contributed by atoms with Crippen LogP contribution in [0.2, 0.25) is 0 Å². The van der Waals surface area contributed by atoms with Crippen LogP contribution >= 0.6 is 15.9 Å². The van der Waals surface area contributed by atoms with Crippen molar-refractivity contribution in [1.29, 1.82) is 0 Å². The van der Waals surface area contributed by atoms with Crippen molar-refractivity contribution in [1.82, 2.24) is 15.1 Å². The third-order valence-corrected chi connectivity index (χ3v) is 6.16. The van der Waals surface area contributed by atoms with Gasteiger partial charge in [-0.2, -0.15) is 5.10 Å². The number of halogens is 1. The summed E-state index contributed by atoms with van der Waals surface area (Å²) in [6, 6.07) is 0. The smallest absolute Gasteiger partial charge is 0.0766 e. The summed E-state index contributed by atoms with van der Waals surface area (Å²) < 4.78 is 3.47. The summed E-state index contributed by atoms with van der Waals surface area (Å²) in [5.41, 5.74) is 3.09. The lowest BCUT2D eigenvalue weighted by molar-refractivity contribution is 0.248. The summed E-state index contributed by atoms with van der Waals surface area (Å²) >= 11 is 3.81. The van der Waals surface area contributed by atoms with Crippen LogP contribution in [0.25, 0.3) is 0 Å². The van der Waals surface area contributed by atoms with Crippen LogP contribution in [0.15, 0.2) is 4.47 Å². The van der Waals surface area contributed by atoms with E-state index in [2.05, 4.69) is 46.8 Å². The molecule has 2 saturated carbocycles. The molecule has 3 rings (SSSR count). The number of rotatable bonds is 6. The van der Waals surface area contributed by atoms with Gasteiger partial charge in [-0.05, 0) is 79.3 Å². The summed E-state index contributed by atoms with van der Waals surface area (Å²) in [5, 5.41) is 8.20. The molecule has 2 fully saturated rings. The maximum absolute atomic E-state index is 4.76. The summed E-state index contributed by atoms with van der Waals surface area (Å²) in [6.07, 6.45) is 6.47. The van der Waals surface area contributed by atoms with Crippen molar-refractivity contribution >= 4 is 15.9 Å². The van der Waals surface area contributed by atoms with Crippen molar-refractivity contribution in [3.63, 3.8) is 0 Å². The molecule has 0 radical (unpaired) electrons. The zero-order valence-corrected chi connectivity index (χ0v) is 14.5. The van der Waals surface area contributed by atoms with Crippen LogP contribution in [0.5, 0.6) is 0 Å². The van der Waals surface area contributed by atoms with Crippen molar-refractivity contribution in [2.75, 3.05) is 13.6 Å². The molecule has 3 nitrogen and oxygen atoms in total. The highest BCUT2D eigenvalue weighted by atomic mass is 79.9. The lowest BCUT2D eigenvalue weighted by Gasteiger charge is -2.31. The lowest BCUT2D eigenvalue weighted by Crippen LogP contribution is -2.34. The minimum atomic E-state index is 0.461. The molecule has 4 heteroatoms. The van der Waals surface area contributed by atoms with Crippen LogP contribution in [0, 0.1) is 17.3 Å². The van der Waals surface area contributed by atoms with Crippen LogP contribution in [-0.2, 0) is 19.4 Å². The molecule has 1 N–H and O–H groups in total. The Morgan fingerprint density at radius 3 is 2.60 bits per heavy atom. The standard InChI is InChI=1S/C16H26BrN3/c1-4-13-15(17)14(20(5-2)19-13)9-16(10-18-3)7-11-6-12(11)8-16/h11-12,18H,4-10H2,1-3H3. The van der Waals surface area contributed by atoms with Crippen molar-refractivity contribution in [3.05, 3.63) is 15.9 Å². The van der Waals surface area contributed by atoms with E-state index in [0.29, 0.717) is 5.41 Å². The van der Waals surface area contributed by atoms with Crippen LogP contribution in [0.4, 0.5) is 0 Å². The van der Waals surface area contributed by atoms with Gasteiger partial charge in [-0.3, -0.25) is 4.68 Å². The van der Waals surface area contributed by atoms with Crippen LogP contribution in [0.3, 0.4) is 0 Å². The summed E-state index contributed by atoms with van der Waals surface area (Å²) in [5.74, 6) is 2.04. The first kappa shape index (κ1) is 14.6. The Bertz CT molecular complexity index is 484. The summed E-state index contributed by atoms with van der Waals surface area (Å²) in [7, 11) is 2.09. The molecule has 0 spiro atoms. The SMILES string of the molecule is CCc1nn(CC)c(CC2(CNC)CC3CC3C2)c1Br. The zero-order valence-electron chi connectivity index (χ0n) is 12.9. The van der Waals surface area contributed by atoms with Gasteiger partial charge in [0.25, 0.3) is 0 Å². The fraction of sp³-hybridized carbons (Fsp3) is 0.812. The van der Waals surface area contributed by atoms with E-state index in [1.165, 1.54) is 41.5 Å². The molecular weight excluding hydrogens is 314 g/mol. The molecule has 0 saturated heterocycles. The highest BCUT2D eigenvalue weighted by Crippen LogP contribution is 2.60. The maximum Gasteiger partial charge on any atom is 0.0766 e. The number of nitrogens with one attached hydrogen (secondary N) is 1. The normalized spacial score (nSPS) is 31.6. The zero-order chi connectivity index (χ0) is 14.3. The first-order chi connectivity index (χ1) is 9.62. The second-order valence-electron chi connectivity index (χ2n) is 6.75. The molecule has 112 valence electrons. The number of fused-ring (bicyclic) bond motifs is 1. The van der Waals surface area contributed by atoms with Gasteiger partial charge in [0.1, 0.15) is 0 Å². The van der Waals surface area contributed by atoms with Gasteiger partial charge in [-0.25, -0.2) is 0 Å². The van der Waals surface area contributed by atoms with E-state index >= 15 is 0 Å². The van der Waals surface area contributed by atoms with Crippen molar-refractivity contribution in [2.45, 2.75) is 52.5 Å². The number of hydrogen-bond acceptors (Lipinski definition) is 2. The second-order valence-corrected chi connectivity index (χ2v) is 7.54. The summed E-state index contributed by atoms with van der Waals surface area (Å²) in [4.78, 5) is 0. The Labute approximate surface area is 130 Å². The Morgan fingerprint density at radius 2 is 2.05 bits per heavy atom. The van der Waals surface area contributed by atoms with Gasteiger partial charge in [0.15, 0.2) is 0 Å². The molecule has 2 aliphatic rings. The van der Waals surface area contributed by atoms with Gasteiger partial charge < -0.3 is 5.32 Å². The molecule has 2 atom stereocenters. The Balaban J connectivity index is 1.87. The first-order valence-electron chi connectivity index (χ1n) is 8.01. The molecule has 1 aromatic heterocycles. The number of hydrogen-bond donors (Lipinski definition) is 1.